The predicted octanol–water partition coefficient (Wildman–Crippen LogP) is 3.19. The molecule has 0 saturated heterocycles. The summed E-state index contributed by atoms with van der Waals surface area (Å²) in [5, 5.41) is 12.6. The highest BCUT2D eigenvalue weighted by Gasteiger charge is 2.32. The zero-order chi connectivity index (χ0) is 12.7. The molecule has 0 aliphatic heterocycles. The number of hydrogen-bond acceptors (Lipinski definition) is 2. The van der Waals surface area contributed by atoms with Crippen molar-refractivity contribution >= 4 is 5.97 Å². The fourth-order valence-electron chi connectivity index (χ4n) is 2.71. The van der Waals surface area contributed by atoms with E-state index >= 15 is 0 Å². The van der Waals surface area contributed by atoms with E-state index in [4.69, 9.17) is 0 Å². The molecule has 0 bridgehead atoms. The first-order valence-corrected chi connectivity index (χ1v) is 7.07. The van der Waals surface area contributed by atoms with E-state index < -0.39 is 11.5 Å². The highest BCUT2D eigenvalue weighted by atomic mass is 16.4. The van der Waals surface area contributed by atoms with Crippen molar-refractivity contribution in [2.24, 2.45) is 5.92 Å². The van der Waals surface area contributed by atoms with Gasteiger partial charge in [-0.2, -0.15) is 0 Å². The third-order valence-electron chi connectivity index (χ3n) is 3.98. The van der Waals surface area contributed by atoms with Gasteiger partial charge in [0.05, 0.1) is 0 Å². The van der Waals surface area contributed by atoms with Crippen LogP contribution in [0.4, 0.5) is 0 Å². The Bertz CT molecular complexity index is 234. The van der Waals surface area contributed by atoms with Gasteiger partial charge in [-0.25, -0.2) is 0 Å². The van der Waals surface area contributed by atoms with Crippen LogP contribution in [0.5, 0.6) is 0 Å². The molecule has 3 heteroatoms. The molecule has 0 aromatic rings. The van der Waals surface area contributed by atoms with Crippen LogP contribution < -0.4 is 5.32 Å². The van der Waals surface area contributed by atoms with Crippen LogP contribution in [0, 0.1) is 5.92 Å². The third-order valence-corrected chi connectivity index (χ3v) is 3.98. The molecule has 1 aliphatic carbocycles. The molecule has 1 unspecified atom stereocenters. The van der Waals surface area contributed by atoms with Gasteiger partial charge in [0.15, 0.2) is 0 Å². The molecule has 0 radical (unpaired) electrons. The van der Waals surface area contributed by atoms with Crippen molar-refractivity contribution in [2.45, 2.75) is 70.8 Å². The van der Waals surface area contributed by atoms with E-state index in [-0.39, 0.29) is 0 Å². The second-order valence-corrected chi connectivity index (χ2v) is 5.63. The Morgan fingerprint density at radius 3 is 2.35 bits per heavy atom. The number of carboxylic acids is 1. The van der Waals surface area contributed by atoms with Crippen molar-refractivity contribution in [1.82, 2.24) is 5.32 Å². The van der Waals surface area contributed by atoms with Crippen LogP contribution in [-0.4, -0.2) is 23.2 Å². The zero-order valence-corrected chi connectivity index (χ0v) is 11.3. The van der Waals surface area contributed by atoms with Crippen LogP contribution in [0.2, 0.25) is 0 Å². The van der Waals surface area contributed by atoms with Gasteiger partial charge in [0, 0.05) is 0 Å². The summed E-state index contributed by atoms with van der Waals surface area (Å²) in [6, 6.07) is 0. The third kappa shape index (κ3) is 4.66. The first-order valence-electron chi connectivity index (χ1n) is 7.07. The average molecular weight is 241 g/mol. The number of nitrogens with one attached hydrogen (secondary N) is 1. The van der Waals surface area contributed by atoms with Crippen LogP contribution in [-0.2, 0) is 4.79 Å². The summed E-state index contributed by atoms with van der Waals surface area (Å²) in [7, 11) is 0. The van der Waals surface area contributed by atoms with Crippen LogP contribution in [0.15, 0.2) is 0 Å². The van der Waals surface area contributed by atoms with Gasteiger partial charge < -0.3 is 10.4 Å². The molecule has 17 heavy (non-hydrogen) atoms. The summed E-state index contributed by atoms with van der Waals surface area (Å²) in [6.45, 7) is 4.72. The minimum atomic E-state index is -0.735. The number of aliphatic carboxylic acids is 1. The lowest BCUT2D eigenvalue weighted by molar-refractivity contribution is -0.144. The Labute approximate surface area is 105 Å². The van der Waals surface area contributed by atoms with Gasteiger partial charge in [-0.1, -0.05) is 39.0 Å². The zero-order valence-electron chi connectivity index (χ0n) is 11.3. The quantitative estimate of drug-likeness (QED) is 0.702. The Morgan fingerprint density at radius 2 is 1.88 bits per heavy atom. The number of rotatable bonds is 6. The van der Waals surface area contributed by atoms with Gasteiger partial charge in [0.25, 0.3) is 0 Å². The molecule has 1 aliphatic rings. The van der Waals surface area contributed by atoms with E-state index in [0.717, 1.165) is 13.0 Å². The lowest BCUT2D eigenvalue weighted by Gasteiger charge is -2.28. The van der Waals surface area contributed by atoms with Crippen LogP contribution >= 0.6 is 0 Å². The molecule has 0 heterocycles. The Kier molecular flexibility index (Phi) is 5.96. The fourth-order valence-corrected chi connectivity index (χ4v) is 2.71. The molecule has 2 N–H and O–H groups in total. The van der Waals surface area contributed by atoms with E-state index in [1.54, 1.807) is 0 Å². The molecule has 100 valence electrons. The maximum Gasteiger partial charge on any atom is 0.323 e. The molecular formula is C14H27NO2. The predicted molar refractivity (Wildman–Crippen MR) is 70.1 cm³/mol. The van der Waals surface area contributed by atoms with Crippen molar-refractivity contribution in [1.29, 1.82) is 0 Å². The van der Waals surface area contributed by atoms with Crippen molar-refractivity contribution in [3.8, 4) is 0 Å². The maximum atomic E-state index is 11.3. The van der Waals surface area contributed by atoms with E-state index in [2.05, 4.69) is 5.32 Å². The first-order chi connectivity index (χ1) is 8.08. The largest absolute Gasteiger partial charge is 0.480 e. The highest BCUT2D eigenvalue weighted by molar-refractivity contribution is 5.78. The summed E-state index contributed by atoms with van der Waals surface area (Å²) >= 11 is 0. The maximum absolute atomic E-state index is 11.3. The van der Waals surface area contributed by atoms with E-state index in [1.165, 1.54) is 38.5 Å². The standard InChI is InChI=1S/C14H27NO2/c1-3-10-14(2,13(16)17)15-11-12-8-6-4-5-7-9-12/h12,15H,3-11H2,1-2H3,(H,16,17). The van der Waals surface area contributed by atoms with Gasteiger partial charge in [-0.05, 0) is 38.6 Å². The highest BCUT2D eigenvalue weighted by Crippen LogP contribution is 2.23. The average Bonchev–Trinajstić information content (AvgIpc) is 2.55. The molecule has 1 rings (SSSR count). The van der Waals surface area contributed by atoms with Gasteiger partial charge in [-0.15, -0.1) is 0 Å². The summed E-state index contributed by atoms with van der Waals surface area (Å²) in [5.74, 6) is -0.0407. The lowest BCUT2D eigenvalue weighted by Crippen LogP contribution is -2.50. The normalized spacial score (nSPS) is 21.8. The second kappa shape index (κ2) is 7.00. The molecule has 1 fully saturated rings. The van der Waals surface area contributed by atoms with Crippen LogP contribution in [0.1, 0.15) is 65.2 Å². The van der Waals surface area contributed by atoms with Gasteiger partial charge in [0.2, 0.25) is 0 Å². The van der Waals surface area contributed by atoms with Crippen molar-refractivity contribution in [3.63, 3.8) is 0 Å². The van der Waals surface area contributed by atoms with Gasteiger partial charge in [-0.3, -0.25) is 4.79 Å². The van der Waals surface area contributed by atoms with Crippen LogP contribution in [0.25, 0.3) is 0 Å². The molecule has 1 atom stereocenters. The minimum absolute atomic E-state index is 0.674. The van der Waals surface area contributed by atoms with Crippen molar-refractivity contribution in [2.75, 3.05) is 6.54 Å². The molecule has 0 aromatic heterocycles. The monoisotopic (exact) mass is 241 g/mol. The van der Waals surface area contributed by atoms with E-state index in [9.17, 15) is 9.90 Å². The molecule has 0 spiro atoms. The van der Waals surface area contributed by atoms with Gasteiger partial charge in [0.1, 0.15) is 5.54 Å². The molecule has 3 nitrogen and oxygen atoms in total. The second-order valence-electron chi connectivity index (χ2n) is 5.63. The lowest BCUT2D eigenvalue weighted by atomic mass is 9.93. The molecule has 0 aromatic carbocycles. The summed E-state index contributed by atoms with van der Waals surface area (Å²) in [4.78, 5) is 11.3. The van der Waals surface area contributed by atoms with Gasteiger partial charge >= 0.3 is 5.97 Å². The SMILES string of the molecule is CCCC(C)(NCC1CCCCCC1)C(=O)O. The number of hydrogen-bond donors (Lipinski definition) is 2. The molecule has 1 saturated carbocycles. The van der Waals surface area contributed by atoms with Crippen molar-refractivity contribution in [3.05, 3.63) is 0 Å². The summed E-state index contributed by atoms with van der Waals surface area (Å²) in [5.41, 5.74) is -0.735. The Hall–Kier alpha value is -0.570. The fraction of sp³-hybridized carbons (Fsp3) is 0.929. The molecule has 0 amide bonds. The van der Waals surface area contributed by atoms with E-state index in [0.29, 0.717) is 12.3 Å². The first kappa shape index (κ1) is 14.5. The Balaban J connectivity index is 2.42. The number of carboxylic acid groups (broad SMARTS) is 1. The number of carbonyl (C=O) groups is 1. The smallest absolute Gasteiger partial charge is 0.323 e. The van der Waals surface area contributed by atoms with Crippen molar-refractivity contribution < 1.29 is 9.90 Å². The van der Waals surface area contributed by atoms with Crippen LogP contribution in [0.3, 0.4) is 0 Å². The topological polar surface area (TPSA) is 49.3 Å². The molecular weight excluding hydrogens is 214 g/mol. The summed E-state index contributed by atoms with van der Waals surface area (Å²) in [6.07, 6.45) is 9.44. The minimum Gasteiger partial charge on any atom is -0.480 e. The summed E-state index contributed by atoms with van der Waals surface area (Å²) < 4.78 is 0. The van der Waals surface area contributed by atoms with E-state index in [1.807, 2.05) is 13.8 Å². The Morgan fingerprint density at radius 1 is 1.29 bits per heavy atom.